The Kier molecular flexibility index (Phi) is 1.75. The van der Waals surface area contributed by atoms with Crippen molar-refractivity contribution in [1.82, 2.24) is 0 Å². The predicted octanol–water partition coefficient (Wildman–Crippen LogP) is 1.93. The highest BCUT2D eigenvalue weighted by Gasteiger charge is 1.98. The monoisotopic (exact) mass is 105 g/mol. The van der Waals surface area contributed by atoms with Gasteiger partial charge in [-0.3, -0.25) is 0 Å². The molecule has 0 nitrogen and oxygen atoms in total. The van der Waals surface area contributed by atoms with Gasteiger partial charge in [0, 0.05) is 0 Å². The van der Waals surface area contributed by atoms with E-state index in [1.165, 1.54) is 12.0 Å². The van der Waals surface area contributed by atoms with Crippen molar-refractivity contribution in [2.75, 3.05) is 0 Å². The molecule has 0 aromatic heterocycles. The van der Waals surface area contributed by atoms with Gasteiger partial charge in [0.15, 0.2) is 0 Å². The Morgan fingerprint density at radius 3 is 3.00 bits per heavy atom. The zero-order valence-electron chi connectivity index (χ0n) is 5.07. The van der Waals surface area contributed by atoms with E-state index < -0.39 is 0 Å². The van der Waals surface area contributed by atoms with E-state index in [0.717, 1.165) is 6.42 Å². The molecule has 0 heterocycles. The van der Waals surface area contributed by atoms with E-state index in [-0.39, 0.29) is 0 Å². The van der Waals surface area contributed by atoms with Gasteiger partial charge in [-0.05, 0) is 31.8 Å². The molecule has 0 spiro atoms. The predicted molar refractivity (Wildman–Crippen MR) is 35.1 cm³/mol. The average molecular weight is 105 g/mol. The molecule has 8 heavy (non-hydrogen) atoms. The van der Waals surface area contributed by atoms with Crippen LogP contribution in [0.4, 0.5) is 0 Å². The minimum absolute atomic E-state index is 1.15. The van der Waals surface area contributed by atoms with Gasteiger partial charge in [-0.1, -0.05) is 12.0 Å². The van der Waals surface area contributed by atoms with E-state index in [0.29, 0.717) is 0 Å². The topological polar surface area (TPSA) is 0 Å². The molecule has 0 aromatic carbocycles. The lowest BCUT2D eigenvalue weighted by Gasteiger charge is -1.81. The van der Waals surface area contributed by atoms with Gasteiger partial charge in [0.25, 0.3) is 0 Å². The molecule has 0 bridgehead atoms. The standard InChI is InChI=1S/C8H9/c1-2-5-8-6-3-4-7-8/h3,6H,4,7H2,1H3. The van der Waals surface area contributed by atoms with Crippen LogP contribution in [0.2, 0.25) is 0 Å². The van der Waals surface area contributed by atoms with E-state index >= 15 is 0 Å². The maximum Gasteiger partial charge on any atom is -0.00165 e. The third-order valence-electron chi connectivity index (χ3n) is 1.18. The van der Waals surface area contributed by atoms with Crippen molar-refractivity contribution in [3.63, 3.8) is 0 Å². The molecule has 0 fully saturated rings. The molecule has 1 radical (unpaired) electrons. The summed E-state index contributed by atoms with van der Waals surface area (Å²) < 4.78 is 0. The third kappa shape index (κ3) is 1.13. The first kappa shape index (κ1) is 5.44. The van der Waals surface area contributed by atoms with Crippen molar-refractivity contribution in [3.05, 3.63) is 18.1 Å². The van der Waals surface area contributed by atoms with Crippen LogP contribution in [-0.2, 0) is 0 Å². The Hall–Kier alpha value is -0.700. The molecule has 0 saturated carbocycles. The van der Waals surface area contributed by atoms with Gasteiger partial charge in [0.2, 0.25) is 0 Å². The fourth-order valence-electron chi connectivity index (χ4n) is 0.812. The second-order valence-corrected chi connectivity index (χ2v) is 1.84. The van der Waals surface area contributed by atoms with Crippen molar-refractivity contribution in [2.45, 2.75) is 19.8 Å². The molecule has 0 saturated heterocycles. The molecule has 0 N–H and O–H groups in total. The molecule has 1 aliphatic rings. The molecule has 0 heteroatoms. The minimum atomic E-state index is 1.15. The zero-order chi connectivity index (χ0) is 5.82. The first-order valence-electron chi connectivity index (χ1n) is 2.88. The highest BCUT2D eigenvalue weighted by atomic mass is 14.0. The number of rotatable bonds is 0. The van der Waals surface area contributed by atoms with Crippen molar-refractivity contribution < 1.29 is 0 Å². The van der Waals surface area contributed by atoms with E-state index in [1.54, 1.807) is 0 Å². The van der Waals surface area contributed by atoms with Gasteiger partial charge in [0.05, 0.1) is 0 Å². The minimum Gasteiger partial charge on any atom is -0.102 e. The highest BCUT2D eigenvalue weighted by Crippen LogP contribution is 2.14. The Labute approximate surface area is 50.6 Å². The summed E-state index contributed by atoms with van der Waals surface area (Å²) in [5.41, 5.74) is 1.28. The van der Waals surface area contributed by atoms with Crippen molar-refractivity contribution in [2.24, 2.45) is 0 Å². The van der Waals surface area contributed by atoms with E-state index in [4.69, 9.17) is 0 Å². The maximum atomic E-state index is 3.02. The second-order valence-electron chi connectivity index (χ2n) is 1.84. The smallest absolute Gasteiger partial charge is 0.00165 e. The summed E-state index contributed by atoms with van der Waals surface area (Å²) in [6.45, 7) is 1.87. The molecule has 0 unspecified atom stereocenters. The summed E-state index contributed by atoms with van der Waals surface area (Å²) >= 11 is 0. The summed E-state index contributed by atoms with van der Waals surface area (Å²) in [6, 6.07) is 0. The van der Waals surface area contributed by atoms with Crippen LogP contribution in [-0.4, -0.2) is 0 Å². The fourth-order valence-corrected chi connectivity index (χ4v) is 0.812. The van der Waals surface area contributed by atoms with Crippen LogP contribution in [0, 0.1) is 18.3 Å². The highest BCUT2D eigenvalue weighted by molar-refractivity contribution is 5.33. The lowest BCUT2D eigenvalue weighted by Crippen LogP contribution is -1.66. The van der Waals surface area contributed by atoms with Crippen molar-refractivity contribution in [1.29, 1.82) is 0 Å². The van der Waals surface area contributed by atoms with Crippen LogP contribution in [0.5, 0.6) is 0 Å². The lowest BCUT2D eigenvalue weighted by atomic mass is 10.2. The van der Waals surface area contributed by atoms with E-state index in [2.05, 4.69) is 24.3 Å². The Morgan fingerprint density at radius 1 is 1.62 bits per heavy atom. The number of hydrogen-bond acceptors (Lipinski definition) is 0. The van der Waals surface area contributed by atoms with Crippen LogP contribution in [0.15, 0.2) is 11.6 Å². The first-order valence-corrected chi connectivity index (χ1v) is 2.88. The quantitative estimate of drug-likeness (QED) is 0.413. The Bertz CT molecular complexity index is 153. The van der Waals surface area contributed by atoms with Crippen molar-refractivity contribution >= 4 is 0 Å². The van der Waals surface area contributed by atoms with Gasteiger partial charge >= 0.3 is 0 Å². The summed E-state index contributed by atoms with van der Waals surface area (Å²) in [5.74, 6) is 5.90. The molecule has 1 rings (SSSR count). The van der Waals surface area contributed by atoms with Gasteiger partial charge in [0.1, 0.15) is 0 Å². The van der Waals surface area contributed by atoms with Crippen LogP contribution in [0.25, 0.3) is 0 Å². The molecular weight excluding hydrogens is 96.1 g/mol. The number of allylic oxidation sites excluding steroid dienone is 2. The van der Waals surface area contributed by atoms with Crippen LogP contribution >= 0.6 is 0 Å². The first-order chi connectivity index (χ1) is 3.93. The van der Waals surface area contributed by atoms with Crippen LogP contribution in [0.3, 0.4) is 0 Å². The average Bonchev–Trinajstić information content (AvgIpc) is 2.19. The summed E-state index contributed by atoms with van der Waals surface area (Å²) in [4.78, 5) is 0. The zero-order valence-corrected chi connectivity index (χ0v) is 5.07. The molecule has 0 aliphatic heterocycles. The molecule has 1 aliphatic carbocycles. The van der Waals surface area contributed by atoms with Crippen molar-refractivity contribution in [3.8, 4) is 11.8 Å². The normalized spacial score (nSPS) is 16.9. The van der Waals surface area contributed by atoms with Gasteiger partial charge in [-0.25, -0.2) is 0 Å². The molecule has 41 valence electrons. The number of hydrogen-bond donors (Lipinski definition) is 0. The fraction of sp³-hybridized carbons (Fsp3) is 0.375. The molecule has 0 atom stereocenters. The van der Waals surface area contributed by atoms with E-state index in [1.807, 2.05) is 6.92 Å². The van der Waals surface area contributed by atoms with Gasteiger partial charge in [-0.15, -0.1) is 5.92 Å². The summed E-state index contributed by atoms with van der Waals surface area (Å²) in [5, 5.41) is 0. The van der Waals surface area contributed by atoms with Crippen LogP contribution < -0.4 is 0 Å². The van der Waals surface area contributed by atoms with Gasteiger partial charge in [-0.2, -0.15) is 0 Å². The molecular formula is C8H9. The SMILES string of the molecule is CC#CC1=C[CH]CC1. The van der Waals surface area contributed by atoms with E-state index in [9.17, 15) is 0 Å². The molecule has 0 amide bonds. The molecule has 0 aromatic rings. The summed E-state index contributed by atoms with van der Waals surface area (Å²) in [7, 11) is 0. The maximum absolute atomic E-state index is 3.02. The Morgan fingerprint density at radius 2 is 2.50 bits per heavy atom. The largest absolute Gasteiger partial charge is 0.102 e. The Balaban J connectivity index is 2.53. The van der Waals surface area contributed by atoms with Gasteiger partial charge < -0.3 is 0 Å². The third-order valence-corrected chi connectivity index (χ3v) is 1.18. The van der Waals surface area contributed by atoms with Crippen LogP contribution in [0.1, 0.15) is 19.8 Å². The lowest BCUT2D eigenvalue weighted by molar-refractivity contribution is 1.04. The second kappa shape index (κ2) is 2.57. The summed E-state index contributed by atoms with van der Waals surface area (Å²) in [6.07, 6.45) is 6.61.